The molecule has 2 rings (SSSR count). The van der Waals surface area contributed by atoms with Gasteiger partial charge in [-0.05, 0) is 12.8 Å². The molecule has 10 heavy (non-hydrogen) atoms. The van der Waals surface area contributed by atoms with Gasteiger partial charge in [0.25, 0.3) is 0 Å². The van der Waals surface area contributed by atoms with Gasteiger partial charge in [-0.1, -0.05) is 12.8 Å². The Hall–Kier alpha value is -0.530. The Morgan fingerprint density at radius 1 is 1.30 bits per heavy atom. The topological polar surface area (TPSA) is 15.6 Å². The van der Waals surface area contributed by atoms with Crippen LogP contribution < -0.4 is 0 Å². The van der Waals surface area contributed by atoms with Gasteiger partial charge in [0.05, 0.1) is 12.9 Å². The van der Waals surface area contributed by atoms with E-state index >= 15 is 0 Å². The average molecular weight is 138 g/mol. The first kappa shape index (κ1) is 6.20. The summed E-state index contributed by atoms with van der Waals surface area (Å²) in [6.07, 6.45) is 7.68. The van der Waals surface area contributed by atoms with Gasteiger partial charge >= 0.3 is 0 Å². The molecule has 1 fully saturated rings. The van der Waals surface area contributed by atoms with E-state index in [0.717, 1.165) is 12.6 Å². The molecule has 56 valence electrons. The third-order valence-electron chi connectivity index (χ3n) is 2.51. The molecule has 0 aromatic rings. The predicted octanol–water partition coefficient (Wildman–Crippen LogP) is 1.27. The Balaban J connectivity index is 1.91. The summed E-state index contributed by atoms with van der Waals surface area (Å²) in [5, 5.41) is 0. The predicted molar refractivity (Wildman–Crippen MR) is 42.3 cm³/mol. The van der Waals surface area contributed by atoms with Gasteiger partial charge in [-0.3, -0.25) is 4.99 Å². The van der Waals surface area contributed by atoms with Crippen molar-refractivity contribution >= 4 is 6.34 Å². The van der Waals surface area contributed by atoms with E-state index in [1.165, 1.54) is 32.2 Å². The summed E-state index contributed by atoms with van der Waals surface area (Å²) in [7, 11) is 0. The van der Waals surface area contributed by atoms with Crippen LogP contribution in [0.25, 0.3) is 0 Å². The number of nitrogens with zero attached hydrogens (tertiary/aromatic N) is 2. The van der Waals surface area contributed by atoms with Crippen molar-refractivity contribution < 1.29 is 0 Å². The summed E-state index contributed by atoms with van der Waals surface area (Å²) >= 11 is 0. The second-order valence-corrected chi connectivity index (χ2v) is 3.20. The van der Waals surface area contributed by atoms with Crippen LogP contribution in [0.5, 0.6) is 0 Å². The first-order valence-electron chi connectivity index (χ1n) is 4.22. The first-order valence-corrected chi connectivity index (χ1v) is 4.22. The highest BCUT2D eigenvalue weighted by Crippen LogP contribution is 2.23. The van der Waals surface area contributed by atoms with Crippen molar-refractivity contribution in [1.29, 1.82) is 0 Å². The molecule has 0 bridgehead atoms. The van der Waals surface area contributed by atoms with Crippen LogP contribution in [0.4, 0.5) is 0 Å². The van der Waals surface area contributed by atoms with Gasteiger partial charge in [-0.25, -0.2) is 0 Å². The molecule has 0 N–H and O–H groups in total. The van der Waals surface area contributed by atoms with E-state index < -0.39 is 0 Å². The van der Waals surface area contributed by atoms with Crippen molar-refractivity contribution in [3.8, 4) is 0 Å². The second-order valence-electron chi connectivity index (χ2n) is 3.20. The van der Waals surface area contributed by atoms with E-state index in [-0.39, 0.29) is 0 Å². The smallest absolute Gasteiger partial charge is 0.0853 e. The Morgan fingerprint density at radius 2 is 2.10 bits per heavy atom. The van der Waals surface area contributed by atoms with Gasteiger partial charge in [0.1, 0.15) is 0 Å². The summed E-state index contributed by atoms with van der Waals surface area (Å²) in [6.45, 7) is 2.20. The monoisotopic (exact) mass is 138 g/mol. The van der Waals surface area contributed by atoms with Crippen LogP contribution in [0.3, 0.4) is 0 Å². The Kier molecular flexibility index (Phi) is 1.61. The van der Waals surface area contributed by atoms with Crippen molar-refractivity contribution in [3.05, 3.63) is 0 Å². The summed E-state index contributed by atoms with van der Waals surface area (Å²) in [5.41, 5.74) is 0. The molecule has 0 atom stereocenters. The van der Waals surface area contributed by atoms with Gasteiger partial charge in [-0.2, -0.15) is 0 Å². The van der Waals surface area contributed by atoms with Gasteiger partial charge in [0.15, 0.2) is 0 Å². The highest BCUT2D eigenvalue weighted by atomic mass is 15.2. The molecule has 2 heteroatoms. The molecule has 1 heterocycles. The summed E-state index contributed by atoms with van der Waals surface area (Å²) in [5.74, 6) is 0. The van der Waals surface area contributed by atoms with E-state index in [1.54, 1.807) is 0 Å². The van der Waals surface area contributed by atoms with Crippen LogP contribution >= 0.6 is 0 Å². The van der Waals surface area contributed by atoms with Crippen LogP contribution in [0.2, 0.25) is 0 Å². The minimum atomic E-state index is 0.839. The van der Waals surface area contributed by atoms with Crippen molar-refractivity contribution in [1.82, 2.24) is 4.90 Å². The van der Waals surface area contributed by atoms with Gasteiger partial charge in [0, 0.05) is 12.6 Å². The first-order chi connectivity index (χ1) is 4.97. The molecule has 1 aliphatic heterocycles. The number of aliphatic imine (C=N–C) groups is 1. The zero-order valence-corrected chi connectivity index (χ0v) is 6.29. The molecular weight excluding hydrogens is 124 g/mol. The normalized spacial score (nSPS) is 26.6. The molecule has 1 saturated carbocycles. The fourth-order valence-electron chi connectivity index (χ4n) is 1.91. The Labute approximate surface area is 61.9 Å². The number of hydrogen-bond donors (Lipinski definition) is 0. The highest BCUT2D eigenvalue weighted by molar-refractivity contribution is 5.57. The summed E-state index contributed by atoms with van der Waals surface area (Å²) in [4.78, 5) is 6.62. The van der Waals surface area contributed by atoms with Crippen LogP contribution in [0.1, 0.15) is 25.7 Å². The second kappa shape index (κ2) is 2.60. The van der Waals surface area contributed by atoms with Crippen molar-refractivity contribution in [2.45, 2.75) is 31.7 Å². The van der Waals surface area contributed by atoms with E-state index in [0.29, 0.717) is 0 Å². The number of hydrogen-bond acceptors (Lipinski definition) is 2. The van der Waals surface area contributed by atoms with Gasteiger partial charge in [-0.15, -0.1) is 0 Å². The van der Waals surface area contributed by atoms with Crippen LogP contribution in [0, 0.1) is 0 Å². The molecule has 0 aromatic heterocycles. The maximum absolute atomic E-state index is 4.21. The van der Waals surface area contributed by atoms with Crippen LogP contribution in [-0.4, -0.2) is 30.4 Å². The lowest BCUT2D eigenvalue weighted by Gasteiger charge is -2.21. The zero-order chi connectivity index (χ0) is 6.81. The van der Waals surface area contributed by atoms with Crippen LogP contribution in [0.15, 0.2) is 4.99 Å². The molecule has 0 saturated heterocycles. The fourth-order valence-corrected chi connectivity index (χ4v) is 1.91. The summed E-state index contributed by atoms with van der Waals surface area (Å²) < 4.78 is 0. The standard InChI is InChI=1S/C8H14N2/c1-2-4-8(3-1)10-6-5-9-7-10/h7-8H,1-6H2. The minimum Gasteiger partial charge on any atom is -0.358 e. The molecule has 1 aliphatic carbocycles. The van der Waals surface area contributed by atoms with E-state index in [4.69, 9.17) is 0 Å². The Morgan fingerprint density at radius 3 is 2.70 bits per heavy atom. The molecule has 0 amide bonds. The maximum Gasteiger partial charge on any atom is 0.0853 e. The van der Waals surface area contributed by atoms with Gasteiger partial charge in [0.2, 0.25) is 0 Å². The molecule has 0 aromatic carbocycles. The van der Waals surface area contributed by atoms with Crippen molar-refractivity contribution in [2.24, 2.45) is 4.99 Å². The quantitative estimate of drug-likeness (QED) is 0.533. The van der Waals surface area contributed by atoms with Crippen LogP contribution in [-0.2, 0) is 0 Å². The third kappa shape index (κ3) is 1.02. The van der Waals surface area contributed by atoms with Crippen molar-refractivity contribution in [3.63, 3.8) is 0 Å². The molecule has 0 radical (unpaired) electrons. The van der Waals surface area contributed by atoms with E-state index in [9.17, 15) is 0 Å². The molecule has 2 nitrogen and oxygen atoms in total. The Bertz CT molecular complexity index is 136. The molecule has 0 spiro atoms. The average Bonchev–Trinajstić information content (AvgIpc) is 2.59. The summed E-state index contributed by atoms with van der Waals surface area (Å²) in [6, 6.07) is 0.839. The lowest BCUT2D eigenvalue weighted by Crippen LogP contribution is -2.30. The largest absolute Gasteiger partial charge is 0.358 e. The maximum atomic E-state index is 4.21. The van der Waals surface area contributed by atoms with E-state index in [2.05, 4.69) is 9.89 Å². The SMILES string of the molecule is C1=NCCN1C1CCCC1. The lowest BCUT2D eigenvalue weighted by molar-refractivity contribution is 0.349. The lowest BCUT2D eigenvalue weighted by atomic mass is 10.2. The third-order valence-corrected chi connectivity index (χ3v) is 2.51. The zero-order valence-electron chi connectivity index (χ0n) is 6.29. The molecule has 0 unspecified atom stereocenters. The number of rotatable bonds is 1. The fraction of sp³-hybridized carbons (Fsp3) is 0.875. The van der Waals surface area contributed by atoms with E-state index in [1.807, 2.05) is 6.34 Å². The molecule has 2 aliphatic rings. The minimum absolute atomic E-state index is 0.839. The van der Waals surface area contributed by atoms with Crippen molar-refractivity contribution in [2.75, 3.05) is 13.1 Å². The molecular formula is C8H14N2. The highest BCUT2D eigenvalue weighted by Gasteiger charge is 2.21. The van der Waals surface area contributed by atoms with Gasteiger partial charge < -0.3 is 4.90 Å².